The summed E-state index contributed by atoms with van der Waals surface area (Å²) in [5, 5.41) is 6.88. The normalized spacial score (nSPS) is 20.4. The van der Waals surface area contributed by atoms with Crippen molar-refractivity contribution < 1.29 is 9.53 Å². The van der Waals surface area contributed by atoms with Gasteiger partial charge in [-0.2, -0.15) is 5.10 Å². The number of amides is 1. The number of aromatic nitrogens is 2. The summed E-state index contributed by atoms with van der Waals surface area (Å²) in [6.07, 6.45) is 5.19. The lowest BCUT2D eigenvalue weighted by Gasteiger charge is -2.10. The quantitative estimate of drug-likeness (QED) is 0.769. The molecule has 82 valence electrons. The van der Waals surface area contributed by atoms with Crippen LogP contribution in [0.1, 0.15) is 12.8 Å². The predicted octanol–water partition coefficient (Wildman–Crippen LogP) is 0.178. The van der Waals surface area contributed by atoms with E-state index in [2.05, 4.69) is 10.4 Å². The van der Waals surface area contributed by atoms with Crippen molar-refractivity contribution in [1.82, 2.24) is 15.1 Å². The highest BCUT2D eigenvalue weighted by Gasteiger charge is 2.22. The van der Waals surface area contributed by atoms with Crippen LogP contribution in [-0.4, -0.2) is 34.9 Å². The molecule has 5 heteroatoms. The highest BCUT2D eigenvalue weighted by Crippen LogP contribution is 2.11. The highest BCUT2D eigenvalue weighted by atomic mass is 16.5. The maximum atomic E-state index is 11.5. The fraction of sp³-hybridized carbons (Fsp3) is 0.600. The van der Waals surface area contributed by atoms with E-state index in [1.165, 1.54) is 0 Å². The number of nitrogens with one attached hydrogen (secondary N) is 1. The van der Waals surface area contributed by atoms with Crippen LogP contribution in [0.5, 0.6) is 0 Å². The summed E-state index contributed by atoms with van der Waals surface area (Å²) in [5.41, 5.74) is 0. The van der Waals surface area contributed by atoms with Gasteiger partial charge in [0.05, 0.1) is 6.54 Å². The van der Waals surface area contributed by atoms with E-state index in [-0.39, 0.29) is 12.0 Å². The number of ether oxygens (including phenoxy) is 1. The van der Waals surface area contributed by atoms with Crippen molar-refractivity contribution in [3.63, 3.8) is 0 Å². The minimum absolute atomic E-state index is 0.000318. The summed E-state index contributed by atoms with van der Waals surface area (Å²) in [4.78, 5) is 11.5. The first-order chi connectivity index (χ1) is 7.36. The summed E-state index contributed by atoms with van der Waals surface area (Å²) < 4.78 is 7.06. The zero-order chi connectivity index (χ0) is 10.5. The molecule has 0 saturated carbocycles. The molecular weight excluding hydrogens is 194 g/mol. The molecule has 2 heterocycles. The van der Waals surface area contributed by atoms with Crippen LogP contribution in [-0.2, 0) is 16.1 Å². The Morgan fingerprint density at radius 1 is 1.67 bits per heavy atom. The molecule has 1 atom stereocenters. The Labute approximate surface area is 88.4 Å². The lowest BCUT2D eigenvalue weighted by molar-refractivity contribution is -0.130. The second-order valence-corrected chi connectivity index (χ2v) is 3.56. The van der Waals surface area contributed by atoms with Gasteiger partial charge in [0, 0.05) is 25.5 Å². The first-order valence-electron chi connectivity index (χ1n) is 5.23. The Morgan fingerprint density at radius 2 is 2.60 bits per heavy atom. The third kappa shape index (κ3) is 2.79. The van der Waals surface area contributed by atoms with Crippen LogP contribution in [0.3, 0.4) is 0 Å². The molecule has 0 spiro atoms. The van der Waals surface area contributed by atoms with Gasteiger partial charge < -0.3 is 10.1 Å². The zero-order valence-electron chi connectivity index (χ0n) is 8.56. The molecule has 1 saturated heterocycles. The summed E-state index contributed by atoms with van der Waals surface area (Å²) in [7, 11) is 0. The SMILES string of the molecule is O=C(NCCn1cccn1)C1CCCO1. The van der Waals surface area contributed by atoms with Crippen molar-refractivity contribution in [2.75, 3.05) is 13.2 Å². The van der Waals surface area contributed by atoms with Crippen molar-refractivity contribution in [2.45, 2.75) is 25.5 Å². The molecule has 1 unspecified atom stereocenters. The largest absolute Gasteiger partial charge is 0.368 e. The Hall–Kier alpha value is -1.36. The van der Waals surface area contributed by atoms with Gasteiger partial charge in [-0.3, -0.25) is 9.48 Å². The van der Waals surface area contributed by atoms with E-state index in [1.54, 1.807) is 10.9 Å². The molecule has 1 aliphatic rings. The number of carbonyl (C=O) groups excluding carboxylic acids is 1. The number of nitrogens with zero attached hydrogens (tertiary/aromatic N) is 2. The minimum Gasteiger partial charge on any atom is -0.368 e. The Balaban J connectivity index is 1.67. The lowest BCUT2D eigenvalue weighted by Crippen LogP contribution is -2.36. The van der Waals surface area contributed by atoms with Gasteiger partial charge >= 0.3 is 0 Å². The van der Waals surface area contributed by atoms with E-state index in [0.29, 0.717) is 19.7 Å². The van der Waals surface area contributed by atoms with Gasteiger partial charge in [-0.05, 0) is 18.9 Å². The molecule has 0 radical (unpaired) electrons. The molecule has 1 aliphatic heterocycles. The average Bonchev–Trinajstić information content (AvgIpc) is 2.90. The van der Waals surface area contributed by atoms with Crippen LogP contribution < -0.4 is 5.32 Å². The molecule has 1 N–H and O–H groups in total. The number of carbonyl (C=O) groups is 1. The van der Waals surface area contributed by atoms with Gasteiger partial charge in [0.1, 0.15) is 6.10 Å². The van der Waals surface area contributed by atoms with E-state index in [0.717, 1.165) is 12.8 Å². The summed E-state index contributed by atoms with van der Waals surface area (Å²) in [6, 6.07) is 1.86. The second kappa shape index (κ2) is 4.93. The van der Waals surface area contributed by atoms with Crippen LogP contribution >= 0.6 is 0 Å². The maximum Gasteiger partial charge on any atom is 0.249 e. The topological polar surface area (TPSA) is 56.2 Å². The fourth-order valence-electron chi connectivity index (χ4n) is 1.62. The maximum absolute atomic E-state index is 11.5. The van der Waals surface area contributed by atoms with Crippen LogP contribution in [0.2, 0.25) is 0 Å². The number of hydrogen-bond donors (Lipinski definition) is 1. The molecule has 1 aromatic heterocycles. The van der Waals surface area contributed by atoms with Crippen molar-refractivity contribution in [2.24, 2.45) is 0 Å². The predicted molar refractivity (Wildman–Crippen MR) is 54.2 cm³/mol. The first kappa shape index (κ1) is 10.2. The minimum atomic E-state index is -0.234. The third-order valence-corrected chi connectivity index (χ3v) is 2.42. The molecule has 2 rings (SSSR count). The van der Waals surface area contributed by atoms with Gasteiger partial charge in [-0.15, -0.1) is 0 Å². The summed E-state index contributed by atoms with van der Waals surface area (Å²) >= 11 is 0. The zero-order valence-corrected chi connectivity index (χ0v) is 8.56. The Bertz CT molecular complexity index is 304. The Morgan fingerprint density at radius 3 is 3.27 bits per heavy atom. The molecule has 0 aliphatic carbocycles. The van der Waals surface area contributed by atoms with Crippen LogP contribution in [0.25, 0.3) is 0 Å². The van der Waals surface area contributed by atoms with Gasteiger partial charge in [-0.1, -0.05) is 0 Å². The smallest absolute Gasteiger partial charge is 0.249 e. The number of hydrogen-bond acceptors (Lipinski definition) is 3. The van der Waals surface area contributed by atoms with E-state index in [4.69, 9.17) is 4.74 Å². The fourth-order valence-corrected chi connectivity index (χ4v) is 1.62. The van der Waals surface area contributed by atoms with E-state index >= 15 is 0 Å². The average molecular weight is 209 g/mol. The van der Waals surface area contributed by atoms with Crippen molar-refractivity contribution in [3.8, 4) is 0 Å². The van der Waals surface area contributed by atoms with Gasteiger partial charge in [0.2, 0.25) is 5.91 Å². The highest BCUT2D eigenvalue weighted by molar-refractivity contribution is 5.80. The molecule has 1 amide bonds. The summed E-state index contributed by atoms with van der Waals surface area (Å²) in [6.45, 7) is 2.00. The van der Waals surface area contributed by atoms with Gasteiger partial charge in [0.25, 0.3) is 0 Å². The van der Waals surface area contributed by atoms with E-state index < -0.39 is 0 Å². The molecule has 1 fully saturated rings. The monoisotopic (exact) mass is 209 g/mol. The molecule has 15 heavy (non-hydrogen) atoms. The van der Waals surface area contributed by atoms with Crippen LogP contribution in [0, 0.1) is 0 Å². The Kier molecular flexibility index (Phi) is 3.34. The van der Waals surface area contributed by atoms with Crippen molar-refractivity contribution in [1.29, 1.82) is 0 Å². The molecule has 5 nitrogen and oxygen atoms in total. The van der Waals surface area contributed by atoms with Gasteiger partial charge in [0.15, 0.2) is 0 Å². The third-order valence-electron chi connectivity index (χ3n) is 2.42. The van der Waals surface area contributed by atoms with E-state index in [9.17, 15) is 4.79 Å². The van der Waals surface area contributed by atoms with Crippen molar-refractivity contribution in [3.05, 3.63) is 18.5 Å². The second-order valence-electron chi connectivity index (χ2n) is 3.56. The summed E-state index contributed by atoms with van der Waals surface area (Å²) in [5.74, 6) is -0.000318. The van der Waals surface area contributed by atoms with Gasteiger partial charge in [-0.25, -0.2) is 0 Å². The van der Waals surface area contributed by atoms with Crippen molar-refractivity contribution >= 4 is 5.91 Å². The molecular formula is C10H15N3O2. The standard InChI is InChI=1S/C10H15N3O2/c14-10(9-3-1-8-15-9)11-5-7-13-6-2-4-12-13/h2,4,6,9H,1,3,5,7-8H2,(H,11,14). The van der Waals surface area contributed by atoms with Crippen LogP contribution in [0.4, 0.5) is 0 Å². The molecule has 0 bridgehead atoms. The molecule has 0 aromatic carbocycles. The lowest BCUT2D eigenvalue weighted by atomic mass is 10.2. The van der Waals surface area contributed by atoms with Crippen LogP contribution in [0.15, 0.2) is 18.5 Å². The molecule has 1 aromatic rings. The first-order valence-corrected chi connectivity index (χ1v) is 5.23. The van der Waals surface area contributed by atoms with E-state index in [1.807, 2.05) is 12.3 Å². The number of rotatable bonds is 4.